The summed E-state index contributed by atoms with van der Waals surface area (Å²) in [7, 11) is 0. The molecular weight excluding hydrogens is 382 g/mol. The number of fused-ring (bicyclic) bond motifs is 2. The first-order valence-electron chi connectivity index (χ1n) is 8.41. The highest BCUT2D eigenvalue weighted by Gasteiger charge is 2.11. The van der Waals surface area contributed by atoms with Crippen molar-refractivity contribution in [1.82, 2.24) is 24.0 Å². The normalized spacial score (nSPS) is 11.1. The van der Waals surface area contributed by atoms with Crippen LogP contribution in [0.2, 0.25) is 0 Å². The predicted octanol–water partition coefficient (Wildman–Crippen LogP) is 3.07. The van der Waals surface area contributed by atoms with Crippen molar-refractivity contribution >= 4 is 32.6 Å². The average Bonchev–Trinajstić information content (AvgIpc) is 3.11. The monoisotopic (exact) mass is 403 g/mol. The third-order valence-corrected chi connectivity index (χ3v) is 6.47. The molecule has 4 heterocycles. The zero-order valence-corrected chi connectivity index (χ0v) is 18.0. The summed E-state index contributed by atoms with van der Waals surface area (Å²) < 4.78 is 3.06. The van der Waals surface area contributed by atoms with Gasteiger partial charge in [0.25, 0.3) is 11.1 Å². The van der Waals surface area contributed by atoms with Crippen molar-refractivity contribution in [2.45, 2.75) is 48.5 Å². The summed E-state index contributed by atoms with van der Waals surface area (Å²) in [5, 5.41) is 4.93. The fraction of sp³-hybridized carbons (Fsp3) is 0.389. The number of rotatable bonds is 0. The molecule has 0 atom stereocenters. The number of thiazole rings is 1. The molecule has 0 amide bonds. The molecule has 7 nitrogen and oxygen atoms in total. The third-order valence-electron chi connectivity index (χ3n) is 4.59. The van der Waals surface area contributed by atoms with Crippen molar-refractivity contribution < 1.29 is 0 Å². The maximum absolute atomic E-state index is 11.9. The van der Waals surface area contributed by atoms with Crippen LogP contribution in [0.1, 0.15) is 38.1 Å². The molecule has 27 heavy (non-hydrogen) atoms. The van der Waals surface area contributed by atoms with Crippen LogP contribution in [0, 0.1) is 48.5 Å². The molecular formula is C18H21N5O2S2. The zero-order valence-electron chi connectivity index (χ0n) is 16.4. The van der Waals surface area contributed by atoms with Crippen LogP contribution in [-0.2, 0) is 0 Å². The molecule has 0 saturated heterocycles. The largest absolute Gasteiger partial charge is 0.278 e. The van der Waals surface area contributed by atoms with E-state index in [1.807, 2.05) is 41.5 Å². The lowest BCUT2D eigenvalue weighted by Gasteiger charge is -2.00. The van der Waals surface area contributed by atoms with Gasteiger partial charge in [-0.3, -0.25) is 14.0 Å². The van der Waals surface area contributed by atoms with E-state index in [4.69, 9.17) is 0 Å². The van der Waals surface area contributed by atoms with Crippen LogP contribution in [0.5, 0.6) is 0 Å². The van der Waals surface area contributed by atoms with Crippen molar-refractivity contribution in [3.05, 3.63) is 58.8 Å². The van der Waals surface area contributed by atoms with Crippen LogP contribution in [-0.4, -0.2) is 24.0 Å². The third kappa shape index (κ3) is 3.32. The van der Waals surface area contributed by atoms with E-state index in [0.717, 1.165) is 37.5 Å². The first kappa shape index (κ1) is 19.4. The van der Waals surface area contributed by atoms with Gasteiger partial charge in [-0.1, -0.05) is 11.3 Å². The van der Waals surface area contributed by atoms with E-state index < -0.39 is 0 Å². The van der Waals surface area contributed by atoms with Gasteiger partial charge < -0.3 is 0 Å². The smallest absolute Gasteiger partial charge is 0.269 e. The summed E-state index contributed by atoms with van der Waals surface area (Å²) in [4.78, 5) is 34.8. The second kappa shape index (κ2) is 6.97. The Morgan fingerprint density at radius 1 is 0.741 bits per heavy atom. The molecule has 0 aliphatic heterocycles. The SMILES string of the molecule is Cc1nc2sc(C)c(C)n2c(=O)c1C.Cc1nn2c(=O)c(C)c(C)nc2s1. The Balaban J connectivity index is 0.000000156. The lowest BCUT2D eigenvalue weighted by Crippen LogP contribution is -2.19. The molecule has 142 valence electrons. The topological polar surface area (TPSA) is 81.6 Å². The fourth-order valence-corrected chi connectivity index (χ4v) is 4.33. The van der Waals surface area contributed by atoms with Gasteiger partial charge in [0.2, 0.25) is 4.96 Å². The van der Waals surface area contributed by atoms with Gasteiger partial charge in [-0.25, -0.2) is 9.97 Å². The molecule has 0 unspecified atom stereocenters. The van der Waals surface area contributed by atoms with E-state index in [2.05, 4.69) is 15.1 Å². The van der Waals surface area contributed by atoms with Crippen LogP contribution >= 0.6 is 22.7 Å². The second-order valence-corrected chi connectivity index (χ2v) is 8.77. The Bertz CT molecular complexity index is 1290. The molecule has 0 aliphatic carbocycles. The van der Waals surface area contributed by atoms with E-state index in [1.165, 1.54) is 15.9 Å². The molecule has 0 N–H and O–H groups in total. The maximum atomic E-state index is 11.9. The first-order chi connectivity index (χ1) is 12.6. The molecule has 0 aromatic carbocycles. The summed E-state index contributed by atoms with van der Waals surface area (Å²) in [6, 6.07) is 0. The van der Waals surface area contributed by atoms with Crippen LogP contribution in [0.15, 0.2) is 9.59 Å². The molecule has 4 aromatic rings. The minimum Gasteiger partial charge on any atom is -0.269 e. The molecule has 4 rings (SSSR count). The number of hydrogen-bond donors (Lipinski definition) is 0. The quantitative estimate of drug-likeness (QED) is 0.451. The van der Waals surface area contributed by atoms with E-state index in [0.29, 0.717) is 10.5 Å². The summed E-state index contributed by atoms with van der Waals surface area (Å²) >= 11 is 3.00. The predicted molar refractivity (Wildman–Crippen MR) is 110 cm³/mol. The maximum Gasteiger partial charge on any atom is 0.278 e. The molecule has 0 aliphatic rings. The summed E-state index contributed by atoms with van der Waals surface area (Å²) in [5.74, 6) is 0. The molecule has 0 fully saturated rings. The minimum absolute atomic E-state index is 0.0631. The van der Waals surface area contributed by atoms with Crippen LogP contribution in [0.4, 0.5) is 0 Å². The first-order valence-corrected chi connectivity index (χ1v) is 10.0. The van der Waals surface area contributed by atoms with Crippen LogP contribution < -0.4 is 11.1 Å². The highest BCUT2D eigenvalue weighted by Crippen LogP contribution is 2.19. The van der Waals surface area contributed by atoms with Crippen molar-refractivity contribution in [3.63, 3.8) is 0 Å². The van der Waals surface area contributed by atoms with E-state index >= 15 is 0 Å². The van der Waals surface area contributed by atoms with Crippen molar-refractivity contribution in [2.75, 3.05) is 0 Å². The molecule has 0 radical (unpaired) electrons. The molecule has 0 spiro atoms. The van der Waals surface area contributed by atoms with Gasteiger partial charge in [-0.05, 0) is 48.5 Å². The van der Waals surface area contributed by atoms with Crippen LogP contribution in [0.25, 0.3) is 9.92 Å². The second-order valence-electron chi connectivity index (χ2n) is 6.43. The Hall–Kier alpha value is -2.39. The highest BCUT2D eigenvalue weighted by atomic mass is 32.1. The Labute approximate surface area is 164 Å². The van der Waals surface area contributed by atoms with Gasteiger partial charge in [0.15, 0.2) is 4.96 Å². The molecule has 0 saturated carbocycles. The summed E-state index contributed by atoms with van der Waals surface area (Å²) in [6.45, 7) is 13.1. The molecule has 0 bridgehead atoms. The summed E-state index contributed by atoms with van der Waals surface area (Å²) in [5.41, 5.74) is 4.03. The number of nitrogens with zero attached hydrogens (tertiary/aromatic N) is 5. The zero-order chi connectivity index (χ0) is 20.0. The fourth-order valence-electron chi connectivity index (χ4n) is 2.54. The lowest BCUT2D eigenvalue weighted by atomic mass is 10.3. The minimum atomic E-state index is -0.0631. The van der Waals surface area contributed by atoms with Crippen LogP contribution in [0.3, 0.4) is 0 Å². The van der Waals surface area contributed by atoms with Crippen molar-refractivity contribution in [1.29, 1.82) is 0 Å². The Morgan fingerprint density at radius 2 is 1.30 bits per heavy atom. The number of hydrogen-bond acceptors (Lipinski definition) is 7. The van der Waals surface area contributed by atoms with Gasteiger partial charge in [-0.15, -0.1) is 11.3 Å². The van der Waals surface area contributed by atoms with E-state index in [9.17, 15) is 9.59 Å². The van der Waals surface area contributed by atoms with Gasteiger partial charge in [0.1, 0.15) is 5.01 Å². The number of aryl methyl sites for hydroxylation is 5. The van der Waals surface area contributed by atoms with E-state index in [-0.39, 0.29) is 11.1 Å². The Morgan fingerprint density at radius 3 is 1.93 bits per heavy atom. The Kier molecular flexibility index (Phi) is 5.00. The van der Waals surface area contributed by atoms with Crippen molar-refractivity contribution in [3.8, 4) is 0 Å². The average molecular weight is 404 g/mol. The summed E-state index contributed by atoms with van der Waals surface area (Å²) in [6.07, 6.45) is 0. The van der Waals surface area contributed by atoms with Gasteiger partial charge >= 0.3 is 0 Å². The highest BCUT2D eigenvalue weighted by molar-refractivity contribution is 7.17. The standard InChI is InChI=1S/C10H12N2OS.C8H9N3OS/c1-5-6(2)11-10-12(9(5)13)7(3)8(4)14-10;1-4-5(2)9-8-11(7(4)12)10-6(3)13-8/h1-4H3;1-3H3. The lowest BCUT2D eigenvalue weighted by molar-refractivity contribution is 0.859. The van der Waals surface area contributed by atoms with Gasteiger partial charge in [-0.2, -0.15) is 9.61 Å². The van der Waals surface area contributed by atoms with Crippen molar-refractivity contribution in [2.24, 2.45) is 0 Å². The molecule has 9 heteroatoms. The van der Waals surface area contributed by atoms with Gasteiger partial charge in [0.05, 0.1) is 0 Å². The van der Waals surface area contributed by atoms with E-state index in [1.54, 1.807) is 22.7 Å². The molecule has 4 aromatic heterocycles. The van der Waals surface area contributed by atoms with Gasteiger partial charge in [0, 0.05) is 33.1 Å². The number of aromatic nitrogens is 5.